The van der Waals surface area contributed by atoms with Crippen LogP contribution in [-0.4, -0.2) is 11.0 Å². The second-order valence-corrected chi connectivity index (χ2v) is 5.71. The number of nitro benzene ring substituents is 1. The van der Waals surface area contributed by atoms with Crippen molar-refractivity contribution < 1.29 is 4.92 Å². The zero-order valence-corrected chi connectivity index (χ0v) is 12.1. The van der Waals surface area contributed by atoms with Crippen molar-refractivity contribution in [2.45, 2.75) is 24.9 Å². The summed E-state index contributed by atoms with van der Waals surface area (Å²) in [6.45, 7) is 0.463. The van der Waals surface area contributed by atoms with Crippen molar-refractivity contribution in [3.63, 3.8) is 0 Å². The van der Waals surface area contributed by atoms with Crippen LogP contribution < -0.4 is 5.32 Å². The third-order valence-corrected chi connectivity index (χ3v) is 4.05. The molecule has 0 saturated heterocycles. The van der Waals surface area contributed by atoms with Crippen molar-refractivity contribution in [3.05, 3.63) is 74.8 Å². The summed E-state index contributed by atoms with van der Waals surface area (Å²) in [5.41, 5.74) is 2.06. The summed E-state index contributed by atoms with van der Waals surface area (Å²) in [7, 11) is 0. The molecule has 4 nitrogen and oxygen atoms in total. The van der Waals surface area contributed by atoms with E-state index in [0.29, 0.717) is 29.1 Å². The summed E-state index contributed by atoms with van der Waals surface area (Å²) >= 11 is 5.93. The van der Waals surface area contributed by atoms with Gasteiger partial charge in [0.05, 0.1) is 4.92 Å². The van der Waals surface area contributed by atoms with Crippen molar-refractivity contribution >= 4 is 17.3 Å². The van der Waals surface area contributed by atoms with E-state index in [0.717, 1.165) is 6.42 Å². The molecule has 0 radical (unpaired) electrons. The Morgan fingerprint density at radius 1 is 1.24 bits per heavy atom. The van der Waals surface area contributed by atoms with E-state index in [4.69, 9.17) is 11.6 Å². The van der Waals surface area contributed by atoms with Gasteiger partial charge in [-0.3, -0.25) is 10.1 Å². The van der Waals surface area contributed by atoms with Gasteiger partial charge in [-0.2, -0.15) is 0 Å². The van der Waals surface area contributed by atoms with Crippen LogP contribution in [-0.2, 0) is 6.54 Å². The number of hydrogen-bond donors (Lipinski definition) is 1. The molecule has 0 amide bonds. The molecule has 1 aliphatic carbocycles. The molecule has 21 heavy (non-hydrogen) atoms. The van der Waals surface area contributed by atoms with Crippen molar-refractivity contribution in [3.8, 4) is 0 Å². The van der Waals surface area contributed by atoms with E-state index in [1.807, 2.05) is 18.2 Å². The molecule has 2 aromatic rings. The summed E-state index contributed by atoms with van der Waals surface area (Å²) in [5, 5.41) is 14.9. The first-order chi connectivity index (χ1) is 10.1. The number of nitro groups is 1. The van der Waals surface area contributed by atoms with E-state index in [2.05, 4.69) is 17.4 Å². The third-order valence-electron chi connectivity index (χ3n) is 3.81. The van der Waals surface area contributed by atoms with E-state index in [1.54, 1.807) is 12.1 Å². The maximum atomic E-state index is 11.0. The van der Waals surface area contributed by atoms with E-state index >= 15 is 0 Å². The number of benzene rings is 2. The largest absolute Gasteiger partial charge is 0.309 e. The van der Waals surface area contributed by atoms with Gasteiger partial charge in [0.25, 0.3) is 5.69 Å². The van der Waals surface area contributed by atoms with Crippen LogP contribution in [0.2, 0.25) is 5.02 Å². The van der Waals surface area contributed by atoms with Crippen molar-refractivity contribution in [2.24, 2.45) is 0 Å². The van der Waals surface area contributed by atoms with Gasteiger partial charge in [0.15, 0.2) is 0 Å². The fourth-order valence-corrected chi connectivity index (χ4v) is 2.80. The number of nitrogens with one attached hydrogen (secondary N) is 1. The quantitative estimate of drug-likeness (QED) is 0.673. The first kappa shape index (κ1) is 14.0. The SMILES string of the molecule is O=[N+]([O-])c1ccc(Cl)cc1CNC1CC1c1ccccc1. The summed E-state index contributed by atoms with van der Waals surface area (Å²) < 4.78 is 0. The average molecular weight is 303 g/mol. The molecule has 0 spiro atoms. The highest BCUT2D eigenvalue weighted by atomic mass is 35.5. The lowest BCUT2D eigenvalue weighted by Crippen LogP contribution is -2.18. The van der Waals surface area contributed by atoms with Crippen LogP contribution in [0, 0.1) is 10.1 Å². The van der Waals surface area contributed by atoms with Crippen LogP contribution in [0.5, 0.6) is 0 Å². The molecule has 2 atom stereocenters. The minimum absolute atomic E-state index is 0.115. The van der Waals surface area contributed by atoms with Crippen LogP contribution in [0.1, 0.15) is 23.5 Å². The Morgan fingerprint density at radius 3 is 2.71 bits per heavy atom. The van der Waals surface area contributed by atoms with Crippen LogP contribution in [0.3, 0.4) is 0 Å². The maximum absolute atomic E-state index is 11.0. The molecule has 5 heteroatoms. The van der Waals surface area contributed by atoms with E-state index in [9.17, 15) is 10.1 Å². The molecule has 1 saturated carbocycles. The van der Waals surface area contributed by atoms with Crippen molar-refractivity contribution in [1.82, 2.24) is 5.32 Å². The zero-order chi connectivity index (χ0) is 14.8. The topological polar surface area (TPSA) is 55.2 Å². The molecule has 1 fully saturated rings. The molecular weight excluding hydrogens is 288 g/mol. The highest BCUT2D eigenvalue weighted by Crippen LogP contribution is 2.41. The Labute approximate surface area is 127 Å². The van der Waals surface area contributed by atoms with Gasteiger partial charge < -0.3 is 5.32 Å². The minimum Gasteiger partial charge on any atom is -0.309 e. The second kappa shape index (κ2) is 5.84. The number of rotatable bonds is 5. The number of hydrogen-bond acceptors (Lipinski definition) is 3. The Kier molecular flexibility index (Phi) is 3.90. The van der Waals surface area contributed by atoms with Crippen LogP contribution in [0.15, 0.2) is 48.5 Å². The van der Waals surface area contributed by atoms with Crippen molar-refractivity contribution in [1.29, 1.82) is 0 Å². The fraction of sp³-hybridized carbons (Fsp3) is 0.250. The van der Waals surface area contributed by atoms with E-state index in [1.165, 1.54) is 11.6 Å². The normalized spacial score (nSPS) is 20.2. The Balaban J connectivity index is 1.64. The van der Waals surface area contributed by atoms with Crippen LogP contribution >= 0.6 is 11.6 Å². The van der Waals surface area contributed by atoms with E-state index in [-0.39, 0.29) is 10.6 Å². The molecule has 0 heterocycles. The fourth-order valence-electron chi connectivity index (χ4n) is 2.60. The monoisotopic (exact) mass is 302 g/mol. The lowest BCUT2D eigenvalue weighted by atomic mass is 10.1. The molecule has 108 valence electrons. The van der Waals surface area contributed by atoms with Crippen LogP contribution in [0.25, 0.3) is 0 Å². The maximum Gasteiger partial charge on any atom is 0.273 e. The molecular formula is C16H15ClN2O2. The van der Waals surface area contributed by atoms with Gasteiger partial charge in [0.1, 0.15) is 0 Å². The molecule has 1 N–H and O–H groups in total. The summed E-state index contributed by atoms with van der Waals surface area (Å²) in [5.74, 6) is 0.504. The lowest BCUT2D eigenvalue weighted by molar-refractivity contribution is -0.385. The first-order valence-electron chi connectivity index (χ1n) is 6.86. The molecule has 1 aliphatic rings. The summed E-state index contributed by atoms with van der Waals surface area (Å²) in [6, 6.07) is 15.4. The first-order valence-corrected chi connectivity index (χ1v) is 7.24. The number of nitrogens with zero attached hydrogens (tertiary/aromatic N) is 1. The van der Waals surface area contributed by atoms with Gasteiger partial charge in [-0.1, -0.05) is 41.9 Å². The van der Waals surface area contributed by atoms with Crippen molar-refractivity contribution in [2.75, 3.05) is 0 Å². The zero-order valence-electron chi connectivity index (χ0n) is 11.3. The Morgan fingerprint density at radius 2 is 2.00 bits per heavy atom. The predicted octanol–water partition coefficient (Wildman–Crippen LogP) is 3.89. The molecule has 2 aromatic carbocycles. The van der Waals surface area contributed by atoms with Gasteiger partial charge in [-0.15, -0.1) is 0 Å². The average Bonchev–Trinajstić information content (AvgIpc) is 3.25. The molecule has 0 aromatic heterocycles. The molecule has 0 bridgehead atoms. The predicted molar refractivity (Wildman–Crippen MR) is 82.5 cm³/mol. The van der Waals surface area contributed by atoms with Crippen LogP contribution in [0.4, 0.5) is 5.69 Å². The molecule has 3 rings (SSSR count). The van der Waals surface area contributed by atoms with Gasteiger partial charge in [-0.05, 0) is 24.1 Å². The van der Waals surface area contributed by atoms with Gasteiger partial charge in [0, 0.05) is 35.2 Å². The highest BCUT2D eigenvalue weighted by Gasteiger charge is 2.37. The summed E-state index contributed by atoms with van der Waals surface area (Å²) in [4.78, 5) is 10.6. The van der Waals surface area contributed by atoms with Gasteiger partial charge >= 0.3 is 0 Å². The minimum atomic E-state index is -0.366. The van der Waals surface area contributed by atoms with E-state index < -0.39 is 0 Å². The van der Waals surface area contributed by atoms with Gasteiger partial charge in [-0.25, -0.2) is 0 Å². The number of halogens is 1. The van der Waals surface area contributed by atoms with Gasteiger partial charge in [0.2, 0.25) is 0 Å². The highest BCUT2D eigenvalue weighted by molar-refractivity contribution is 6.30. The lowest BCUT2D eigenvalue weighted by Gasteiger charge is -2.06. The Bertz CT molecular complexity index is 661. The Hall–Kier alpha value is -1.91. The molecule has 0 aliphatic heterocycles. The summed E-state index contributed by atoms with van der Waals surface area (Å²) in [6.07, 6.45) is 1.07. The second-order valence-electron chi connectivity index (χ2n) is 5.27. The standard InChI is InChI=1S/C16H15ClN2O2/c17-13-6-7-16(19(20)21)12(8-13)10-18-15-9-14(15)11-4-2-1-3-5-11/h1-8,14-15,18H,9-10H2. The smallest absolute Gasteiger partial charge is 0.273 e. The third kappa shape index (κ3) is 3.23. The molecule has 2 unspecified atom stereocenters.